The number of rotatable bonds is 7. The molecule has 2 N–H and O–H groups in total. The molecule has 0 saturated carbocycles. The van der Waals surface area contributed by atoms with E-state index < -0.39 is 34.0 Å². The largest absolute Gasteiger partial charge is 0.487 e. The van der Waals surface area contributed by atoms with Crippen LogP contribution >= 0.6 is 0 Å². The Hall–Kier alpha value is -3.73. The molecule has 1 aliphatic heterocycles. The van der Waals surface area contributed by atoms with Crippen molar-refractivity contribution in [3.05, 3.63) is 89.7 Å². The molecule has 212 valence electrons. The highest BCUT2D eigenvalue weighted by molar-refractivity contribution is 7.89. The molecular formula is C30H34FN3O5S. The van der Waals surface area contributed by atoms with Crippen molar-refractivity contribution in [2.45, 2.75) is 30.9 Å². The molecule has 3 aromatic rings. The summed E-state index contributed by atoms with van der Waals surface area (Å²) in [6.07, 6.45) is 3.23. The van der Waals surface area contributed by atoms with Crippen LogP contribution in [0.3, 0.4) is 0 Å². The fourth-order valence-electron chi connectivity index (χ4n) is 4.43. The van der Waals surface area contributed by atoms with E-state index in [1.165, 1.54) is 39.5 Å². The average Bonchev–Trinajstić information content (AvgIpc) is 2.95. The van der Waals surface area contributed by atoms with Gasteiger partial charge in [0, 0.05) is 31.2 Å². The van der Waals surface area contributed by atoms with E-state index in [2.05, 4.69) is 5.32 Å². The van der Waals surface area contributed by atoms with Crippen LogP contribution in [0.5, 0.6) is 5.75 Å². The third kappa shape index (κ3) is 6.88. The molecule has 10 heteroatoms. The number of fused-ring (bicyclic) bond motifs is 1. The quantitative estimate of drug-likeness (QED) is 0.395. The van der Waals surface area contributed by atoms with E-state index in [9.17, 15) is 22.7 Å². The predicted molar refractivity (Wildman–Crippen MR) is 154 cm³/mol. The van der Waals surface area contributed by atoms with Gasteiger partial charge < -0.3 is 20.1 Å². The van der Waals surface area contributed by atoms with Crippen LogP contribution in [0.2, 0.25) is 0 Å². The molecule has 0 aliphatic carbocycles. The number of nitrogens with zero attached hydrogens (tertiary/aromatic N) is 2. The standard InChI is InChI=1S/C30H34FN3O5S/c1-21-18-34(22(2)20-35)40(37,38)29-16-11-24(10-9-23-7-5-4-6-8-23)17-27(29)39-28(21)19-33(3)30(36)32-26-14-12-25(31)13-15-26/h4-17,21-22,28,35H,18-20H2,1-3H3,(H,32,36)/b10-9+/t21-,22+,28+/m1/s1. The zero-order chi connectivity index (χ0) is 28.9. The molecule has 0 aromatic heterocycles. The number of nitrogens with one attached hydrogen (secondary N) is 1. The fraction of sp³-hybridized carbons (Fsp3) is 0.300. The summed E-state index contributed by atoms with van der Waals surface area (Å²) >= 11 is 0. The van der Waals surface area contributed by atoms with Gasteiger partial charge in [-0.05, 0) is 54.4 Å². The summed E-state index contributed by atoms with van der Waals surface area (Å²) in [6.45, 7) is 3.41. The number of halogens is 1. The van der Waals surface area contributed by atoms with Crippen molar-refractivity contribution in [3.8, 4) is 5.75 Å². The van der Waals surface area contributed by atoms with Crippen LogP contribution in [0, 0.1) is 11.7 Å². The van der Waals surface area contributed by atoms with Gasteiger partial charge in [-0.25, -0.2) is 17.6 Å². The van der Waals surface area contributed by atoms with Gasteiger partial charge in [0.1, 0.15) is 22.6 Å². The Kier molecular flexibility index (Phi) is 9.24. The van der Waals surface area contributed by atoms with Gasteiger partial charge in [-0.15, -0.1) is 0 Å². The number of aliphatic hydroxyl groups is 1. The second-order valence-electron chi connectivity index (χ2n) is 10.0. The first-order valence-corrected chi connectivity index (χ1v) is 14.5. The van der Waals surface area contributed by atoms with E-state index in [1.54, 1.807) is 26.1 Å². The lowest BCUT2D eigenvalue weighted by atomic mass is 10.0. The Bertz CT molecular complexity index is 1450. The van der Waals surface area contributed by atoms with Crippen LogP contribution < -0.4 is 10.1 Å². The number of hydrogen-bond donors (Lipinski definition) is 2. The molecule has 3 aromatic carbocycles. The van der Waals surface area contributed by atoms with Crippen molar-refractivity contribution in [1.82, 2.24) is 9.21 Å². The van der Waals surface area contributed by atoms with E-state index in [4.69, 9.17) is 4.74 Å². The minimum absolute atomic E-state index is 0.0000205. The number of anilines is 1. The first kappa shape index (κ1) is 29.3. The highest BCUT2D eigenvalue weighted by atomic mass is 32.2. The van der Waals surface area contributed by atoms with Gasteiger partial charge in [-0.1, -0.05) is 55.5 Å². The molecule has 1 aliphatic rings. The molecule has 0 bridgehead atoms. The molecule has 0 radical (unpaired) electrons. The lowest BCUT2D eigenvalue weighted by molar-refractivity contribution is 0.0830. The Morgan fingerprint density at radius 2 is 1.80 bits per heavy atom. The molecule has 0 saturated heterocycles. The maximum absolute atomic E-state index is 13.7. The Labute approximate surface area is 234 Å². The SMILES string of the molecule is C[C@@H]1CN([C@@H](C)CO)S(=O)(=O)c2ccc(/C=C/c3ccccc3)cc2O[C@H]1CN(C)C(=O)Nc1ccc(F)cc1. The van der Waals surface area contributed by atoms with Crippen molar-refractivity contribution >= 4 is 33.9 Å². The Balaban J connectivity index is 1.64. The van der Waals surface area contributed by atoms with Gasteiger partial charge in [0.15, 0.2) is 0 Å². The van der Waals surface area contributed by atoms with Crippen molar-refractivity contribution in [1.29, 1.82) is 0 Å². The van der Waals surface area contributed by atoms with Crippen LogP contribution in [0.1, 0.15) is 25.0 Å². The number of ether oxygens (including phenoxy) is 1. The number of carbonyl (C=O) groups excluding carboxylic acids is 1. The third-order valence-corrected chi connectivity index (χ3v) is 8.87. The Morgan fingerprint density at radius 3 is 2.48 bits per heavy atom. The van der Waals surface area contributed by atoms with E-state index in [1.807, 2.05) is 49.4 Å². The minimum Gasteiger partial charge on any atom is -0.487 e. The zero-order valence-electron chi connectivity index (χ0n) is 22.7. The van der Waals surface area contributed by atoms with Gasteiger partial charge in [0.05, 0.1) is 13.2 Å². The summed E-state index contributed by atoms with van der Waals surface area (Å²) < 4.78 is 48.3. The monoisotopic (exact) mass is 567 g/mol. The van der Waals surface area contributed by atoms with Crippen molar-refractivity contribution in [3.63, 3.8) is 0 Å². The second-order valence-corrected chi connectivity index (χ2v) is 11.9. The molecule has 0 unspecified atom stereocenters. The number of carbonyl (C=O) groups is 1. The number of urea groups is 1. The number of aliphatic hydroxyl groups excluding tert-OH is 1. The molecule has 1 heterocycles. The van der Waals surface area contributed by atoms with E-state index in [0.717, 1.165) is 11.1 Å². The lowest BCUT2D eigenvalue weighted by Crippen LogP contribution is -2.50. The number of amides is 2. The number of likely N-dealkylation sites (N-methyl/N-ethyl adjacent to an activating group) is 1. The Morgan fingerprint density at radius 1 is 1.12 bits per heavy atom. The van der Waals surface area contributed by atoms with Gasteiger partial charge in [0.25, 0.3) is 0 Å². The molecular weight excluding hydrogens is 533 g/mol. The van der Waals surface area contributed by atoms with Crippen LogP contribution in [0.25, 0.3) is 12.2 Å². The molecule has 3 atom stereocenters. The van der Waals surface area contributed by atoms with E-state index in [0.29, 0.717) is 5.69 Å². The van der Waals surface area contributed by atoms with Crippen LogP contribution in [-0.2, 0) is 10.0 Å². The summed E-state index contributed by atoms with van der Waals surface area (Å²) in [5, 5.41) is 12.6. The average molecular weight is 568 g/mol. The van der Waals surface area contributed by atoms with Gasteiger partial charge in [0.2, 0.25) is 10.0 Å². The smallest absolute Gasteiger partial charge is 0.321 e. The highest BCUT2D eigenvalue weighted by Gasteiger charge is 2.38. The maximum Gasteiger partial charge on any atom is 0.321 e. The predicted octanol–water partition coefficient (Wildman–Crippen LogP) is 4.93. The van der Waals surface area contributed by atoms with E-state index in [-0.39, 0.29) is 36.3 Å². The number of hydrogen-bond acceptors (Lipinski definition) is 5. The molecule has 4 rings (SSSR count). The molecule has 8 nitrogen and oxygen atoms in total. The fourth-order valence-corrected chi connectivity index (χ4v) is 6.25. The second kappa shape index (κ2) is 12.6. The van der Waals surface area contributed by atoms with Crippen molar-refractivity contribution in [2.75, 3.05) is 32.1 Å². The van der Waals surface area contributed by atoms with Crippen LogP contribution in [0.4, 0.5) is 14.9 Å². The minimum atomic E-state index is -3.98. The molecule has 40 heavy (non-hydrogen) atoms. The van der Waals surface area contributed by atoms with Crippen molar-refractivity contribution in [2.24, 2.45) is 5.92 Å². The highest BCUT2D eigenvalue weighted by Crippen LogP contribution is 2.34. The summed E-state index contributed by atoms with van der Waals surface area (Å²) in [6, 6.07) is 19.0. The summed E-state index contributed by atoms with van der Waals surface area (Å²) in [7, 11) is -2.37. The van der Waals surface area contributed by atoms with Gasteiger partial charge >= 0.3 is 6.03 Å². The maximum atomic E-state index is 13.7. The van der Waals surface area contributed by atoms with Crippen LogP contribution in [-0.4, -0.2) is 67.7 Å². The first-order valence-electron chi connectivity index (χ1n) is 13.0. The number of sulfonamides is 1. The van der Waals surface area contributed by atoms with Crippen molar-refractivity contribution < 1.29 is 27.4 Å². The molecule has 0 spiro atoms. The first-order chi connectivity index (χ1) is 19.1. The van der Waals surface area contributed by atoms with E-state index >= 15 is 0 Å². The summed E-state index contributed by atoms with van der Waals surface area (Å²) in [5.74, 6) is -0.563. The third-order valence-electron chi connectivity index (χ3n) is 6.85. The topological polar surface area (TPSA) is 99.2 Å². The van der Waals surface area contributed by atoms with Gasteiger partial charge in [-0.2, -0.15) is 4.31 Å². The zero-order valence-corrected chi connectivity index (χ0v) is 23.5. The summed E-state index contributed by atoms with van der Waals surface area (Å²) in [4.78, 5) is 14.3. The molecule has 0 fully saturated rings. The summed E-state index contributed by atoms with van der Waals surface area (Å²) in [5.41, 5.74) is 2.18. The van der Waals surface area contributed by atoms with Crippen LogP contribution in [0.15, 0.2) is 77.7 Å². The lowest BCUT2D eigenvalue weighted by Gasteiger charge is -2.37. The normalized spacial score (nSPS) is 19.6. The number of benzene rings is 3. The van der Waals surface area contributed by atoms with Gasteiger partial charge in [-0.3, -0.25) is 0 Å². The molecule has 2 amide bonds.